The number of aromatic nitrogens is 6. The number of carbonyl (C=O) groups is 2. The summed E-state index contributed by atoms with van der Waals surface area (Å²) in [6.07, 6.45) is 7.12. The summed E-state index contributed by atoms with van der Waals surface area (Å²) < 4.78 is 52.0. The maximum Gasteiger partial charge on any atom is 0.306 e. The van der Waals surface area contributed by atoms with E-state index in [-0.39, 0.29) is 75.3 Å². The monoisotopic (exact) mass is 948 g/mol. The Bertz CT molecular complexity index is 2700. The zero-order valence-corrected chi connectivity index (χ0v) is 39.5. The highest BCUT2D eigenvalue weighted by atomic mass is 19.3. The predicted molar refractivity (Wildman–Crippen MR) is 259 cm³/mol. The Morgan fingerprint density at radius 1 is 0.580 bits per heavy atom. The smallest absolute Gasteiger partial charge is 0.306 e. The van der Waals surface area contributed by atoms with Gasteiger partial charge in [0.05, 0.1) is 5.92 Å². The van der Waals surface area contributed by atoms with Crippen molar-refractivity contribution in [2.75, 3.05) is 36.0 Å². The molecule has 13 nitrogen and oxygen atoms in total. The second-order valence-corrected chi connectivity index (χ2v) is 19.1. The number of benzene rings is 2. The first-order valence-corrected chi connectivity index (χ1v) is 24.0. The highest BCUT2D eigenvalue weighted by molar-refractivity contribution is 6.01. The average molecular weight is 949 g/mol. The molecule has 2 saturated carbocycles. The summed E-state index contributed by atoms with van der Waals surface area (Å²) in [4.78, 5) is 38.6. The summed E-state index contributed by atoms with van der Waals surface area (Å²) in [5.74, 6) is -5.36. The van der Waals surface area contributed by atoms with Gasteiger partial charge < -0.3 is 25.1 Å². The third-order valence-electron chi connectivity index (χ3n) is 13.9. The Morgan fingerprint density at radius 3 is 1.52 bits per heavy atom. The number of rotatable bonds is 6. The fourth-order valence-corrected chi connectivity index (χ4v) is 9.87. The highest BCUT2D eigenvalue weighted by Gasteiger charge is 2.42. The van der Waals surface area contributed by atoms with Crippen molar-refractivity contribution >= 4 is 45.1 Å². The third-order valence-corrected chi connectivity index (χ3v) is 13.9. The minimum Gasteiger partial charge on any atom is -0.481 e. The lowest BCUT2D eigenvalue weighted by atomic mass is 9.85. The van der Waals surface area contributed by atoms with E-state index in [0.717, 1.165) is 68.8 Å². The Balaban J connectivity index is 0.000000158. The summed E-state index contributed by atoms with van der Waals surface area (Å²) in [5, 5.41) is 34.4. The first-order chi connectivity index (χ1) is 33.1. The Kier molecular flexibility index (Phi) is 15.0. The summed E-state index contributed by atoms with van der Waals surface area (Å²) in [5.41, 5.74) is 3.79. The van der Waals surface area contributed by atoms with E-state index in [9.17, 15) is 27.2 Å². The number of carboxylic acid groups (broad SMARTS) is 1. The second kappa shape index (κ2) is 21.1. The maximum atomic E-state index is 13.6. The molecular weight excluding hydrogens is 889 g/mol. The van der Waals surface area contributed by atoms with E-state index < -0.39 is 23.7 Å². The number of nitrogens with zero attached hydrogens (tertiary/aromatic N) is 9. The van der Waals surface area contributed by atoms with Crippen LogP contribution in [-0.2, 0) is 9.59 Å². The molecule has 6 aromatic rings. The molecule has 4 atom stereocenters. The van der Waals surface area contributed by atoms with Crippen molar-refractivity contribution in [3.63, 3.8) is 0 Å². The number of nitrogens with one attached hydrogen (secondary N) is 1. The topological polar surface area (TPSA) is 153 Å². The van der Waals surface area contributed by atoms with Crippen molar-refractivity contribution in [2.24, 2.45) is 11.8 Å². The molecule has 2 N–H and O–H groups in total. The summed E-state index contributed by atoms with van der Waals surface area (Å²) in [6.45, 7) is 11.5. The number of aliphatic carboxylic acids is 1. The van der Waals surface area contributed by atoms with Gasteiger partial charge in [-0.3, -0.25) is 19.6 Å². The van der Waals surface area contributed by atoms with Gasteiger partial charge in [-0.1, -0.05) is 60.7 Å². The minimum atomic E-state index is -2.63. The number of alkyl halides is 4. The van der Waals surface area contributed by atoms with Crippen LogP contribution in [0.2, 0.25) is 0 Å². The first-order valence-electron chi connectivity index (χ1n) is 24.0. The summed E-state index contributed by atoms with van der Waals surface area (Å²) in [7, 11) is 0. The molecule has 2 aliphatic carbocycles. The van der Waals surface area contributed by atoms with Gasteiger partial charge in [0, 0.05) is 139 Å². The predicted octanol–water partition coefficient (Wildman–Crippen LogP) is 9.72. The second-order valence-electron chi connectivity index (χ2n) is 19.1. The molecule has 4 aliphatic rings. The molecule has 2 aliphatic heterocycles. The summed E-state index contributed by atoms with van der Waals surface area (Å²) in [6, 6.07) is 24.9. The number of halogens is 4. The largest absolute Gasteiger partial charge is 0.481 e. The summed E-state index contributed by atoms with van der Waals surface area (Å²) >= 11 is 0. The van der Waals surface area contributed by atoms with Crippen LogP contribution < -0.4 is 15.1 Å². The van der Waals surface area contributed by atoms with Gasteiger partial charge in [0.1, 0.15) is 11.4 Å². The van der Waals surface area contributed by atoms with E-state index in [2.05, 4.69) is 78.4 Å². The maximum absolute atomic E-state index is 13.6. The van der Waals surface area contributed by atoms with Crippen molar-refractivity contribution < 1.29 is 32.3 Å². The molecule has 17 heteroatoms. The Morgan fingerprint density at radius 2 is 1.04 bits per heavy atom. The van der Waals surface area contributed by atoms with Crippen LogP contribution >= 0.6 is 0 Å². The number of amides is 1. The van der Waals surface area contributed by atoms with Crippen molar-refractivity contribution in [3.8, 4) is 22.5 Å². The molecule has 4 fully saturated rings. The molecule has 0 radical (unpaired) electrons. The van der Waals surface area contributed by atoms with Crippen LogP contribution in [0.5, 0.6) is 0 Å². The lowest BCUT2D eigenvalue weighted by molar-refractivity contribution is -0.146. The number of carboxylic acids is 1. The van der Waals surface area contributed by atoms with E-state index in [1.54, 1.807) is 6.20 Å². The number of hydrogen-bond donors (Lipinski definition) is 2. The fourth-order valence-electron chi connectivity index (χ4n) is 9.87. The van der Waals surface area contributed by atoms with Gasteiger partial charge in [0.25, 0.3) is 0 Å². The van der Waals surface area contributed by atoms with Crippen LogP contribution in [0.25, 0.3) is 44.1 Å². The van der Waals surface area contributed by atoms with Crippen LogP contribution in [0.1, 0.15) is 79.1 Å². The van der Waals surface area contributed by atoms with E-state index in [1.165, 1.54) is 0 Å². The zero-order valence-electron chi connectivity index (χ0n) is 39.5. The quantitative estimate of drug-likeness (QED) is 0.153. The Hall–Kier alpha value is -6.36. The van der Waals surface area contributed by atoms with Gasteiger partial charge in [-0.05, 0) is 65.5 Å². The number of fused-ring (bicyclic) bond motifs is 2. The number of carbonyl (C=O) groups excluding carboxylic acids is 1. The van der Waals surface area contributed by atoms with Gasteiger partial charge in [-0.15, -0.1) is 20.4 Å². The zero-order chi connectivity index (χ0) is 48.9. The molecule has 6 heterocycles. The van der Waals surface area contributed by atoms with Crippen LogP contribution in [0, 0.1) is 11.8 Å². The van der Waals surface area contributed by atoms with Crippen molar-refractivity contribution in [2.45, 2.75) is 115 Å². The third kappa shape index (κ3) is 11.4. The molecule has 2 unspecified atom stereocenters. The first kappa shape index (κ1) is 49.1. The van der Waals surface area contributed by atoms with Crippen molar-refractivity contribution in [3.05, 3.63) is 97.6 Å². The molecule has 0 spiro atoms. The van der Waals surface area contributed by atoms with Crippen LogP contribution in [0.4, 0.5) is 29.2 Å². The molecule has 2 aromatic carbocycles. The standard InChI is InChI=1S/C26H29F2N5O.C19H21N5.C7H10F2O2/c1-17-16-33(25(34)20-8-11-26(27,28)12-9-20)18(2)15-32(17)24-22-14-29-13-10-21(22)23(30-31-24)19-6-4-3-5-7-19;1-13-12-24(14(2)10-21-13)19-17-11-20-9-8-16(17)18(22-23-19)15-6-4-3-5-7-15;8-7(9)3-1-5(2-4-7)6(10)11/h3-7,10,13-14,17-18,20H,8-9,11-12,15-16H2,1-2H3;3-9,11,13-14,21H,10,12H2,1-2H3;5H,1-4H2,(H,10,11)/t17-,18+;;/m1../s1. The molecular formula is C52H60F4N10O3. The SMILES string of the molecule is CC1CN(c2nnc(-c3ccccc3)c3ccncc23)C(C)CN1.C[C@@H]1CN(C(=O)C2CCC(F)(F)CC2)[C@@H](C)CN1c1nnc(-c2ccccc2)c2ccncc12.O=C(O)C1CCC(F)(F)CC1. The lowest BCUT2D eigenvalue weighted by Crippen LogP contribution is -2.59. The van der Waals surface area contributed by atoms with Crippen LogP contribution in [-0.4, -0.2) is 114 Å². The number of anilines is 2. The van der Waals surface area contributed by atoms with Gasteiger partial charge in [0.2, 0.25) is 17.8 Å². The van der Waals surface area contributed by atoms with Gasteiger partial charge in [-0.25, -0.2) is 17.6 Å². The van der Waals surface area contributed by atoms with E-state index in [1.807, 2.05) is 91.1 Å². The molecule has 4 aromatic heterocycles. The number of pyridine rings is 2. The normalized spacial score (nSPS) is 22.8. The van der Waals surface area contributed by atoms with Gasteiger partial charge in [0.15, 0.2) is 11.6 Å². The average Bonchev–Trinajstić information content (AvgIpc) is 3.35. The van der Waals surface area contributed by atoms with Crippen LogP contribution in [0.15, 0.2) is 97.6 Å². The van der Waals surface area contributed by atoms with Gasteiger partial charge in [-0.2, -0.15) is 0 Å². The molecule has 1 amide bonds. The molecule has 2 saturated heterocycles. The fraction of sp³-hybridized carbons (Fsp3) is 0.462. The van der Waals surface area contributed by atoms with Crippen LogP contribution in [0.3, 0.4) is 0 Å². The highest BCUT2D eigenvalue weighted by Crippen LogP contribution is 2.39. The molecule has 364 valence electrons. The molecule has 0 bridgehead atoms. The molecule has 10 rings (SSSR count). The van der Waals surface area contributed by atoms with Crippen molar-refractivity contribution in [1.29, 1.82) is 0 Å². The molecule has 69 heavy (non-hydrogen) atoms. The lowest BCUT2D eigenvalue weighted by Gasteiger charge is -2.46. The number of piperazine rings is 2. The number of hydrogen-bond acceptors (Lipinski definition) is 11. The van der Waals surface area contributed by atoms with Gasteiger partial charge >= 0.3 is 5.97 Å². The Labute approximate surface area is 399 Å². The van der Waals surface area contributed by atoms with E-state index in [0.29, 0.717) is 25.2 Å². The van der Waals surface area contributed by atoms with E-state index >= 15 is 0 Å². The van der Waals surface area contributed by atoms with Crippen molar-refractivity contribution in [1.82, 2.24) is 40.6 Å². The minimum absolute atomic E-state index is 0.00506. The van der Waals surface area contributed by atoms with E-state index in [4.69, 9.17) is 5.11 Å².